The summed E-state index contributed by atoms with van der Waals surface area (Å²) in [4.78, 5) is 10.9. The highest BCUT2D eigenvalue weighted by atomic mass is 79.9. The first-order valence-electron chi connectivity index (χ1n) is 6.20. The fraction of sp³-hybridized carbons (Fsp3) is 0.133. The van der Waals surface area contributed by atoms with Crippen LogP contribution in [0.2, 0.25) is 0 Å². The smallest absolute Gasteiger partial charge is 0.221 e. The molecule has 0 atom stereocenters. The van der Waals surface area contributed by atoms with Crippen LogP contribution in [0.3, 0.4) is 0 Å². The predicted molar refractivity (Wildman–Crippen MR) is 82.1 cm³/mol. The molecule has 3 nitrogen and oxygen atoms in total. The molecule has 2 aromatic carbocycles. The van der Waals surface area contributed by atoms with Crippen molar-refractivity contribution < 1.29 is 13.6 Å². The molecule has 0 aliphatic carbocycles. The van der Waals surface area contributed by atoms with Crippen LogP contribution in [0.15, 0.2) is 40.9 Å². The van der Waals surface area contributed by atoms with Crippen molar-refractivity contribution in [1.29, 1.82) is 0 Å². The molecule has 0 aliphatic heterocycles. The van der Waals surface area contributed by atoms with Gasteiger partial charge in [-0.2, -0.15) is 0 Å². The summed E-state index contributed by atoms with van der Waals surface area (Å²) in [5, 5.41) is 5.37. The summed E-state index contributed by atoms with van der Waals surface area (Å²) < 4.78 is 27.6. The van der Waals surface area contributed by atoms with Gasteiger partial charge in [-0.3, -0.25) is 4.79 Å². The lowest BCUT2D eigenvalue weighted by atomic mass is 10.2. The molecule has 2 aromatic rings. The Labute approximate surface area is 129 Å². The van der Waals surface area contributed by atoms with Crippen molar-refractivity contribution in [3.8, 4) is 0 Å². The van der Waals surface area contributed by atoms with E-state index in [1.165, 1.54) is 19.1 Å². The van der Waals surface area contributed by atoms with Gasteiger partial charge in [-0.15, -0.1) is 0 Å². The van der Waals surface area contributed by atoms with Crippen molar-refractivity contribution in [2.24, 2.45) is 0 Å². The van der Waals surface area contributed by atoms with Gasteiger partial charge in [-0.1, -0.05) is 28.1 Å². The van der Waals surface area contributed by atoms with E-state index in [4.69, 9.17) is 0 Å². The van der Waals surface area contributed by atoms with Crippen LogP contribution in [-0.4, -0.2) is 5.91 Å². The Bertz CT molecular complexity index is 636. The fourth-order valence-electron chi connectivity index (χ4n) is 1.81. The lowest BCUT2D eigenvalue weighted by Gasteiger charge is -2.10. The summed E-state index contributed by atoms with van der Waals surface area (Å²) in [5.41, 5.74) is 1.35. The third-order valence-corrected chi connectivity index (χ3v) is 3.21. The zero-order valence-electron chi connectivity index (χ0n) is 11.2. The summed E-state index contributed by atoms with van der Waals surface area (Å²) in [6.45, 7) is 1.70. The van der Waals surface area contributed by atoms with Crippen molar-refractivity contribution in [3.05, 3.63) is 58.1 Å². The van der Waals surface area contributed by atoms with E-state index >= 15 is 0 Å². The number of carbonyl (C=O) groups excluding carboxylic acids is 1. The third-order valence-electron chi connectivity index (χ3n) is 2.75. The first kappa shape index (κ1) is 15.4. The van der Waals surface area contributed by atoms with Gasteiger partial charge in [0.15, 0.2) is 0 Å². The van der Waals surface area contributed by atoms with Crippen LogP contribution in [0.4, 0.5) is 20.2 Å². The number of halogens is 3. The van der Waals surface area contributed by atoms with Gasteiger partial charge in [0.25, 0.3) is 0 Å². The lowest BCUT2D eigenvalue weighted by molar-refractivity contribution is -0.114. The molecular formula is C15H13BrF2N2O. The number of rotatable bonds is 4. The number of hydrogen-bond donors (Lipinski definition) is 2. The topological polar surface area (TPSA) is 41.1 Å². The molecule has 2 N–H and O–H groups in total. The molecule has 6 heteroatoms. The van der Waals surface area contributed by atoms with E-state index in [0.717, 1.165) is 5.56 Å². The molecule has 0 bridgehead atoms. The minimum atomic E-state index is -0.656. The van der Waals surface area contributed by atoms with Crippen molar-refractivity contribution in [3.63, 3.8) is 0 Å². The first-order chi connectivity index (χ1) is 9.95. The Kier molecular flexibility index (Phi) is 4.90. The number of anilines is 2. The summed E-state index contributed by atoms with van der Waals surface area (Å²) in [5.74, 6) is -1.46. The second-order valence-electron chi connectivity index (χ2n) is 4.48. The normalized spacial score (nSPS) is 10.3. The average Bonchev–Trinajstić information content (AvgIpc) is 2.38. The first-order valence-corrected chi connectivity index (χ1v) is 7.00. The Morgan fingerprint density at radius 2 is 1.71 bits per heavy atom. The average molecular weight is 355 g/mol. The van der Waals surface area contributed by atoms with Crippen LogP contribution >= 0.6 is 15.9 Å². The van der Waals surface area contributed by atoms with E-state index < -0.39 is 11.6 Å². The van der Waals surface area contributed by atoms with Gasteiger partial charge in [0.1, 0.15) is 17.3 Å². The molecule has 0 saturated heterocycles. The molecule has 0 radical (unpaired) electrons. The van der Waals surface area contributed by atoms with Crippen molar-refractivity contribution in [2.75, 3.05) is 10.6 Å². The molecule has 0 heterocycles. The van der Waals surface area contributed by atoms with Gasteiger partial charge in [-0.25, -0.2) is 8.78 Å². The lowest BCUT2D eigenvalue weighted by Crippen LogP contribution is -2.06. The molecule has 0 aromatic heterocycles. The van der Waals surface area contributed by atoms with E-state index in [2.05, 4.69) is 26.6 Å². The highest BCUT2D eigenvalue weighted by Gasteiger charge is 2.10. The minimum Gasteiger partial charge on any atom is -0.376 e. The third kappa shape index (κ3) is 4.26. The number of carbonyl (C=O) groups is 1. The van der Waals surface area contributed by atoms with Crippen LogP contribution in [-0.2, 0) is 11.3 Å². The molecule has 0 aliphatic rings. The van der Waals surface area contributed by atoms with Gasteiger partial charge >= 0.3 is 0 Å². The van der Waals surface area contributed by atoms with Crippen LogP contribution < -0.4 is 10.6 Å². The zero-order valence-corrected chi connectivity index (χ0v) is 12.8. The molecule has 110 valence electrons. The molecule has 0 spiro atoms. The molecule has 0 unspecified atom stereocenters. The number of benzene rings is 2. The Hall–Kier alpha value is -1.95. The number of amides is 1. The van der Waals surface area contributed by atoms with Gasteiger partial charge in [0, 0.05) is 23.6 Å². The summed E-state index contributed by atoms with van der Waals surface area (Å²) >= 11 is 3.03. The predicted octanol–water partition coefficient (Wildman–Crippen LogP) is 4.30. The van der Waals surface area contributed by atoms with E-state index in [1.807, 2.05) is 0 Å². The van der Waals surface area contributed by atoms with E-state index in [-0.39, 0.29) is 18.1 Å². The maximum atomic E-state index is 13.6. The van der Waals surface area contributed by atoms with Gasteiger partial charge in [0.05, 0.1) is 0 Å². The van der Waals surface area contributed by atoms with Crippen LogP contribution in [0, 0.1) is 11.6 Å². The maximum Gasteiger partial charge on any atom is 0.221 e. The van der Waals surface area contributed by atoms with Crippen LogP contribution in [0.1, 0.15) is 12.5 Å². The quantitative estimate of drug-likeness (QED) is 0.859. The monoisotopic (exact) mass is 354 g/mol. The molecule has 1 amide bonds. The Balaban J connectivity index is 2.05. The fourth-order valence-corrected chi connectivity index (χ4v) is 2.21. The number of hydrogen-bond acceptors (Lipinski definition) is 2. The SMILES string of the molecule is CC(=O)Nc1ccc(CNc2c(F)cc(Br)cc2F)cc1. The molecule has 0 saturated carbocycles. The van der Waals surface area contributed by atoms with Gasteiger partial charge in [0.2, 0.25) is 5.91 Å². The van der Waals surface area contributed by atoms with Crippen molar-refractivity contribution >= 4 is 33.2 Å². The maximum absolute atomic E-state index is 13.6. The Morgan fingerprint density at radius 3 is 2.24 bits per heavy atom. The van der Waals surface area contributed by atoms with E-state index in [1.54, 1.807) is 24.3 Å². The van der Waals surface area contributed by atoms with E-state index in [9.17, 15) is 13.6 Å². The molecule has 2 rings (SSSR count). The highest BCUT2D eigenvalue weighted by Crippen LogP contribution is 2.24. The standard InChI is InChI=1S/C15H13BrF2N2O/c1-9(21)20-12-4-2-10(3-5-12)8-19-15-13(17)6-11(16)7-14(15)18/h2-7,19H,8H2,1H3,(H,20,21). The Morgan fingerprint density at radius 1 is 1.14 bits per heavy atom. The van der Waals surface area contributed by atoms with E-state index in [0.29, 0.717) is 10.2 Å². The van der Waals surface area contributed by atoms with Crippen LogP contribution in [0.5, 0.6) is 0 Å². The highest BCUT2D eigenvalue weighted by molar-refractivity contribution is 9.10. The zero-order chi connectivity index (χ0) is 15.4. The summed E-state index contributed by atoms with van der Waals surface area (Å²) in [6, 6.07) is 9.40. The minimum absolute atomic E-state index is 0.153. The van der Waals surface area contributed by atoms with Gasteiger partial charge < -0.3 is 10.6 Å². The van der Waals surface area contributed by atoms with Crippen molar-refractivity contribution in [1.82, 2.24) is 0 Å². The largest absolute Gasteiger partial charge is 0.376 e. The second-order valence-corrected chi connectivity index (χ2v) is 5.39. The van der Waals surface area contributed by atoms with Gasteiger partial charge in [-0.05, 0) is 29.8 Å². The second kappa shape index (κ2) is 6.67. The molecule has 21 heavy (non-hydrogen) atoms. The molecular weight excluding hydrogens is 342 g/mol. The van der Waals surface area contributed by atoms with Crippen molar-refractivity contribution in [2.45, 2.75) is 13.5 Å². The summed E-state index contributed by atoms with van der Waals surface area (Å²) in [6.07, 6.45) is 0. The van der Waals surface area contributed by atoms with Crippen LogP contribution in [0.25, 0.3) is 0 Å². The molecule has 0 fully saturated rings. The number of nitrogens with one attached hydrogen (secondary N) is 2. The summed E-state index contributed by atoms with van der Waals surface area (Å²) in [7, 11) is 0.